The molecule has 0 aromatic heterocycles. The van der Waals surface area contributed by atoms with Crippen LogP contribution in [0.25, 0.3) is 0 Å². The average Bonchev–Trinajstić information content (AvgIpc) is 2.36. The van der Waals surface area contributed by atoms with Gasteiger partial charge in [0, 0.05) is 20.0 Å². The van der Waals surface area contributed by atoms with Crippen molar-refractivity contribution < 1.29 is 19.1 Å². The fraction of sp³-hybridized carbons (Fsp3) is 0.750. The van der Waals surface area contributed by atoms with Crippen LogP contribution in [-0.2, 0) is 19.1 Å². The molecule has 7 heteroatoms. The first kappa shape index (κ1) is 15.4. The Bertz CT molecular complexity index is 359. The summed E-state index contributed by atoms with van der Waals surface area (Å²) in [7, 11) is 1.28. The quantitative estimate of drug-likeness (QED) is 0.616. The molecule has 0 aromatic carbocycles. The molecule has 7 nitrogen and oxygen atoms in total. The van der Waals surface area contributed by atoms with Gasteiger partial charge in [0.1, 0.15) is 6.04 Å². The first-order valence-electron chi connectivity index (χ1n) is 6.30. The van der Waals surface area contributed by atoms with E-state index in [1.807, 2.05) is 4.90 Å². The van der Waals surface area contributed by atoms with Gasteiger partial charge in [-0.05, 0) is 19.4 Å². The van der Waals surface area contributed by atoms with Gasteiger partial charge in [0.15, 0.2) is 0 Å². The van der Waals surface area contributed by atoms with E-state index in [-0.39, 0.29) is 17.7 Å². The molecule has 0 saturated carbocycles. The third-order valence-corrected chi connectivity index (χ3v) is 3.21. The van der Waals surface area contributed by atoms with Crippen molar-refractivity contribution in [3.8, 4) is 0 Å². The van der Waals surface area contributed by atoms with E-state index in [0.29, 0.717) is 13.1 Å². The minimum Gasteiger partial charge on any atom is -0.467 e. The minimum atomic E-state index is -0.714. The number of ether oxygens (including phenoxy) is 1. The van der Waals surface area contributed by atoms with Crippen LogP contribution in [0, 0.1) is 5.92 Å². The number of piperidine rings is 1. The molecule has 1 fully saturated rings. The largest absolute Gasteiger partial charge is 0.467 e. The highest BCUT2D eigenvalue weighted by Gasteiger charge is 2.28. The second-order valence-electron chi connectivity index (χ2n) is 4.78. The van der Waals surface area contributed by atoms with Crippen LogP contribution >= 0.6 is 0 Å². The number of likely N-dealkylation sites (tertiary alicyclic amines) is 1. The molecule has 2 unspecified atom stereocenters. The summed E-state index contributed by atoms with van der Waals surface area (Å²) in [5.41, 5.74) is 5.30. The molecule has 0 bridgehead atoms. The third kappa shape index (κ3) is 4.86. The molecule has 1 saturated heterocycles. The average molecular weight is 271 g/mol. The van der Waals surface area contributed by atoms with Gasteiger partial charge in [-0.15, -0.1) is 0 Å². The number of primary amides is 1. The molecule has 0 aromatic rings. The van der Waals surface area contributed by atoms with Crippen LogP contribution in [0.3, 0.4) is 0 Å². The number of hydrogen-bond acceptors (Lipinski definition) is 5. The van der Waals surface area contributed by atoms with Crippen molar-refractivity contribution in [1.82, 2.24) is 10.2 Å². The predicted octanol–water partition coefficient (Wildman–Crippen LogP) is -1.14. The van der Waals surface area contributed by atoms with Crippen LogP contribution in [0.4, 0.5) is 0 Å². The summed E-state index contributed by atoms with van der Waals surface area (Å²) in [6, 6.07) is -0.714. The highest BCUT2D eigenvalue weighted by Crippen LogP contribution is 2.16. The van der Waals surface area contributed by atoms with E-state index in [1.54, 1.807) is 0 Å². The predicted molar refractivity (Wildman–Crippen MR) is 68.0 cm³/mol. The molecule has 0 radical (unpaired) electrons. The monoisotopic (exact) mass is 271 g/mol. The second kappa shape index (κ2) is 7.08. The number of hydrogen-bond donors (Lipinski definition) is 2. The van der Waals surface area contributed by atoms with Crippen LogP contribution < -0.4 is 11.1 Å². The first-order chi connectivity index (χ1) is 8.93. The van der Waals surface area contributed by atoms with Crippen LogP contribution in [0.15, 0.2) is 0 Å². The van der Waals surface area contributed by atoms with E-state index in [4.69, 9.17) is 5.73 Å². The van der Waals surface area contributed by atoms with Crippen molar-refractivity contribution in [1.29, 1.82) is 0 Å². The molecule has 19 heavy (non-hydrogen) atoms. The van der Waals surface area contributed by atoms with Gasteiger partial charge < -0.3 is 15.8 Å². The van der Waals surface area contributed by atoms with Crippen molar-refractivity contribution >= 4 is 17.8 Å². The SMILES string of the molecule is COC(=O)C(CN1CCCC(C(N)=O)C1)NC(C)=O. The molecular weight excluding hydrogens is 250 g/mol. The summed E-state index contributed by atoms with van der Waals surface area (Å²) in [4.78, 5) is 35.8. The standard InChI is InChI=1S/C12H21N3O4/c1-8(16)14-10(12(18)19-2)7-15-5-3-4-9(6-15)11(13)17/h9-10H,3-7H2,1-2H3,(H2,13,17)(H,14,16). The maximum atomic E-state index is 11.6. The van der Waals surface area contributed by atoms with Gasteiger partial charge in [0.05, 0.1) is 13.0 Å². The van der Waals surface area contributed by atoms with Gasteiger partial charge in [0.2, 0.25) is 11.8 Å². The third-order valence-electron chi connectivity index (χ3n) is 3.21. The van der Waals surface area contributed by atoms with Crippen molar-refractivity contribution in [2.24, 2.45) is 11.7 Å². The van der Waals surface area contributed by atoms with Crippen LogP contribution in [0.5, 0.6) is 0 Å². The molecule has 2 amide bonds. The fourth-order valence-corrected chi connectivity index (χ4v) is 2.28. The smallest absolute Gasteiger partial charge is 0.329 e. The Morgan fingerprint density at radius 1 is 1.47 bits per heavy atom. The Hall–Kier alpha value is -1.63. The number of esters is 1. The summed E-state index contributed by atoms with van der Waals surface area (Å²) in [5, 5.41) is 2.55. The van der Waals surface area contributed by atoms with E-state index in [2.05, 4.69) is 10.1 Å². The van der Waals surface area contributed by atoms with Gasteiger partial charge in [-0.2, -0.15) is 0 Å². The molecule has 3 N–H and O–H groups in total. The molecule has 108 valence electrons. The molecule has 1 heterocycles. The van der Waals surface area contributed by atoms with Crippen LogP contribution in [0.1, 0.15) is 19.8 Å². The van der Waals surface area contributed by atoms with Crippen molar-refractivity contribution in [2.75, 3.05) is 26.7 Å². The molecule has 0 spiro atoms. The van der Waals surface area contributed by atoms with E-state index in [0.717, 1.165) is 19.4 Å². The topological polar surface area (TPSA) is 102 Å². The van der Waals surface area contributed by atoms with E-state index >= 15 is 0 Å². The van der Waals surface area contributed by atoms with Crippen molar-refractivity contribution in [3.05, 3.63) is 0 Å². The molecular formula is C12H21N3O4. The van der Waals surface area contributed by atoms with Crippen molar-refractivity contribution in [3.63, 3.8) is 0 Å². The summed E-state index contributed by atoms with van der Waals surface area (Å²) < 4.78 is 4.66. The maximum Gasteiger partial charge on any atom is 0.329 e. The number of carbonyl (C=O) groups is 3. The van der Waals surface area contributed by atoms with E-state index < -0.39 is 12.0 Å². The van der Waals surface area contributed by atoms with Crippen molar-refractivity contribution in [2.45, 2.75) is 25.8 Å². The van der Waals surface area contributed by atoms with Gasteiger partial charge in [-0.1, -0.05) is 0 Å². The lowest BCUT2D eigenvalue weighted by Gasteiger charge is -2.33. The van der Waals surface area contributed by atoms with Crippen LogP contribution in [-0.4, -0.2) is 55.5 Å². The summed E-state index contributed by atoms with van der Waals surface area (Å²) in [6.07, 6.45) is 1.62. The number of rotatable bonds is 5. The molecule has 0 aliphatic carbocycles. The number of nitrogens with one attached hydrogen (secondary N) is 1. The lowest BCUT2D eigenvalue weighted by molar-refractivity contribution is -0.145. The summed E-state index contributed by atoms with van der Waals surface area (Å²) >= 11 is 0. The number of nitrogens with two attached hydrogens (primary N) is 1. The summed E-state index contributed by atoms with van der Waals surface area (Å²) in [6.45, 7) is 2.97. The molecule has 1 rings (SSSR count). The lowest BCUT2D eigenvalue weighted by atomic mass is 9.97. The summed E-state index contributed by atoms with van der Waals surface area (Å²) in [5.74, 6) is -1.29. The number of amides is 2. The van der Waals surface area contributed by atoms with E-state index in [9.17, 15) is 14.4 Å². The minimum absolute atomic E-state index is 0.190. The first-order valence-corrected chi connectivity index (χ1v) is 6.30. The highest BCUT2D eigenvalue weighted by atomic mass is 16.5. The maximum absolute atomic E-state index is 11.6. The van der Waals surface area contributed by atoms with Gasteiger partial charge >= 0.3 is 5.97 Å². The Morgan fingerprint density at radius 3 is 2.68 bits per heavy atom. The second-order valence-corrected chi connectivity index (χ2v) is 4.78. The Morgan fingerprint density at radius 2 is 2.16 bits per heavy atom. The molecule has 2 atom stereocenters. The Labute approximate surface area is 112 Å². The van der Waals surface area contributed by atoms with Gasteiger partial charge in [-0.25, -0.2) is 4.79 Å². The Kier molecular flexibility index (Phi) is 5.75. The zero-order chi connectivity index (χ0) is 14.4. The molecule has 1 aliphatic heterocycles. The fourth-order valence-electron chi connectivity index (χ4n) is 2.28. The number of nitrogens with zero attached hydrogens (tertiary/aromatic N) is 1. The normalized spacial score (nSPS) is 21.5. The van der Waals surface area contributed by atoms with E-state index in [1.165, 1.54) is 14.0 Å². The Balaban J connectivity index is 2.60. The number of methoxy groups -OCH3 is 1. The van der Waals surface area contributed by atoms with Crippen LogP contribution in [0.2, 0.25) is 0 Å². The van der Waals surface area contributed by atoms with Gasteiger partial charge in [-0.3, -0.25) is 14.5 Å². The van der Waals surface area contributed by atoms with Gasteiger partial charge in [0.25, 0.3) is 0 Å². The molecule has 1 aliphatic rings. The highest BCUT2D eigenvalue weighted by molar-refractivity contribution is 5.83. The lowest BCUT2D eigenvalue weighted by Crippen LogP contribution is -2.51. The number of carbonyl (C=O) groups excluding carboxylic acids is 3. The zero-order valence-electron chi connectivity index (χ0n) is 11.3. The zero-order valence-corrected chi connectivity index (χ0v) is 11.3.